The number of methoxy groups -OCH3 is 1. The molecule has 0 aromatic heterocycles. The fourth-order valence-electron chi connectivity index (χ4n) is 2.38. The molecule has 0 amide bonds. The lowest BCUT2D eigenvalue weighted by atomic mass is 10.0. The molecule has 0 aliphatic carbocycles. The summed E-state index contributed by atoms with van der Waals surface area (Å²) in [7, 11) is 1.46. The Morgan fingerprint density at radius 2 is 1.62 bits per heavy atom. The molecular formula is C20H13Cl2FO3. The second kappa shape index (κ2) is 7.77. The van der Waals surface area contributed by atoms with E-state index in [2.05, 4.69) is 0 Å². The molecule has 0 unspecified atom stereocenters. The molecule has 0 atom stereocenters. The van der Waals surface area contributed by atoms with Crippen molar-refractivity contribution in [3.8, 4) is 17.2 Å². The number of ether oxygens (including phenoxy) is 2. The maximum Gasteiger partial charge on any atom is 0.196 e. The first-order valence-corrected chi connectivity index (χ1v) is 8.35. The Morgan fingerprint density at radius 3 is 2.23 bits per heavy atom. The molecule has 0 fully saturated rings. The van der Waals surface area contributed by atoms with Gasteiger partial charge >= 0.3 is 0 Å². The van der Waals surface area contributed by atoms with Crippen LogP contribution in [0.15, 0.2) is 60.7 Å². The number of hydrogen-bond donors (Lipinski definition) is 0. The standard InChI is InChI=1S/C20H13Cl2FO3/c1-25-18-10-9-14(26-20-16(21)3-2-4-17(20)22)11-15(18)19(24)12-5-7-13(23)8-6-12/h2-11H,1H3. The van der Waals surface area contributed by atoms with E-state index in [9.17, 15) is 9.18 Å². The Morgan fingerprint density at radius 1 is 0.962 bits per heavy atom. The molecule has 6 heteroatoms. The second-order valence-corrected chi connectivity index (χ2v) is 6.17. The molecule has 3 nitrogen and oxygen atoms in total. The topological polar surface area (TPSA) is 35.5 Å². The van der Waals surface area contributed by atoms with E-state index in [0.717, 1.165) is 0 Å². The Labute approximate surface area is 159 Å². The summed E-state index contributed by atoms with van der Waals surface area (Å²) in [6.07, 6.45) is 0. The van der Waals surface area contributed by atoms with E-state index < -0.39 is 5.82 Å². The van der Waals surface area contributed by atoms with Crippen molar-refractivity contribution < 1.29 is 18.7 Å². The molecule has 3 aromatic rings. The lowest BCUT2D eigenvalue weighted by Gasteiger charge is -2.13. The number of para-hydroxylation sites is 1. The summed E-state index contributed by atoms with van der Waals surface area (Å²) >= 11 is 12.2. The van der Waals surface area contributed by atoms with Crippen molar-refractivity contribution in [2.45, 2.75) is 0 Å². The first kappa shape index (κ1) is 18.2. The Hall–Kier alpha value is -2.56. The van der Waals surface area contributed by atoms with Crippen LogP contribution in [0.3, 0.4) is 0 Å². The molecule has 0 bridgehead atoms. The average molecular weight is 391 g/mol. The number of benzene rings is 3. The molecule has 0 spiro atoms. The molecule has 0 saturated carbocycles. The fourth-order valence-corrected chi connectivity index (χ4v) is 2.86. The predicted octanol–water partition coefficient (Wildman–Crippen LogP) is 6.16. The number of halogens is 3. The molecule has 3 rings (SSSR count). The van der Waals surface area contributed by atoms with Crippen LogP contribution in [-0.2, 0) is 0 Å². The Balaban J connectivity index is 1.99. The first-order valence-electron chi connectivity index (χ1n) is 7.60. The maximum atomic E-state index is 13.1. The number of carbonyl (C=O) groups is 1. The van der Waals surface area contributed by atoms with Crippen molar-refractivity contribution in [1.82, 2.24) is 0 Å². The highest BCUT2D eigenvalue weighted by molar-refractivity contribution is 6.37. The molecule has 0 aliphatic rings. The van der Waals surface area contributed by atoms with E-state index in [4.69, 9.17) is 32.7 Å². The van der Waals surface area contributed by atoms with Crippen molar-refractivity contribution in [2.75, 3.05) is 7.11 Å². The minimum atomic E-state index is -0.418. The monoisotopic (exact) mass is 390 g/mol. The highest BCUT2D eigenvalue weighted by atomic mass is 35.5. The third-order valence-corrected chi connectivity index (χ3v) is 4.26. The van der Waals surface area contributed by atoms with E-state index in [-0.39, 0.29) is 11.3 Å². The van der Waals surface area contributed by atoms with Gasteiger partial charge < -0.3 is 9.47 Å². The largest absolute Gasteiger partial charge is 0.496 e. The fraction of sp³-hybridized carbons (Fsp3) is 0.0500. The molecule has 26 heavy (non-hydrogen) atoms. The van der Waals surface area contributed by atoms with Crippen LogP contribution in [0.2, 0.25) is 10.0 Å². The van der Waals surface area contributed by atoms with Crippen LogP contribution in [-0.4, -0.2) is 12.9 Å². The van der Waals surface area contributed by atoms with Crippen molar-refractivity contribution >= 4 is 29.0 Å². The summed E-state index contributed by atoms with van der Waals surface area (Å²) in [5.74, 6) is 0.292. The molecule has 0 saturated heterocycles. The molecule has 132 valence electrons. The smallest absolute Gasteiger partial charge is 0.196 e. The van der Waals surface area contributed by atoms with Gasteiger partial charge in [0.1, 0.15) is 17.3 Å². The van der Waals surface area contributed by atoms with Crippen molar-refractivity contribution in [1.29, 1.82) is 0 Å². The van der Waals surface area contributed by atoms with E-state index >= 15 is 0 Å². The number of hydrogen-bond acceptors (Lipinski definition) is 3. The van der Waals surface area contributed by atoms with Crippen LogP contribution in [0.4, 0.5) is 4.39 Å². The van der Waals surface area contributed by atoms with E-state index in [1.807, 2.05) is 0 Å². The number of rotatable bonds is 5. The Kier molecular flexibility index (Phi) is 5.45. The van der Waals surface area contributed by atoms with Crippen LogP contribution in [0.25, 0.3) is 0 Å². The van der Waals surface area contributed by atoms with Gasteiger partial charge in [0.2, 0.25) is 0 Å². The van der Waals surface area contributed by atoms with Gasteiger partial charge in [-0.3, -0.25) is 4.79 Å². The third-order valence-electron chi connectivity index (χ3n) is 3.66. The predicted molar refractivity (Wildman–Crippen MR) is 99.4 cm³/mol. The lowest BCUT2D eigenvalue weighted by Crippen LogP contribution is -2.04. The zero-order valence-corrected chi connectivity index (χ0v) is 15.1. The van der Waals surface area contributed by atoms with Gasteiger partial charge in [-0.1, -0.05) is 29.3 Å². The molecule has 0 radical (unpaired) electrons. The summed E-state index contributed by atoms with van der Waals surface area (Å²) in [6.45, 7) is 0. The van der Waals surface area contributed by atoms with Gasteiger partial charge in [0, 0.05) is 5.56 Å². The lowest BCUT2D eigenvalue weighted by molar-refractivity contribution is 0.103. The molecule has 0 aliphatic heterocycles. The molecule has 0 N–H and O–H groups in total. The molecule has 0 heterocycles. The normalized spacial score (nSPS) is 10.5. The van der Waals surface area contributed by atoms with E-state index in [0.29, 0.717) is 32.9 Å². The Bertz CT molecular complexity index is 936. The SMILES string of the molecule is COc1ccc(Oc2c(Cl)cccc2Cl)cc1C(=O)c1ccc(F)cc1. The summed E-state index contributed by atoms with van der Waals surface area (Å²) in [6, 6.07) is 15.1. The summed E-state index contributed by atoms with van der Waals surface area (Å²) in [4.78, 5) is 12.8. The van der Waals surface area contributed by atoms with Crippen LogP contribution in [0.1, 0.15) is 15.9 Å². The van der Waals surface area contributed by atoms with Gasteiger partial charge in [0.15, 0.2) is 11.5 Å². The van der Waals surface area contributed by atoms with Crippen molar-refractivity contribution in [3.05, 3.63) is 87.7 Å². The van der Waals surface area contributed by atoms with Crippen molar-refractivity contribution in [2.24, 2.45) is 0 Å². The van der Waals surface area contributed by atoms with Crippen LogP contribution in [0, 0.1) is 5.82 Å². The van der Waals surface area contributed by atoms with Gasteiger partial charge in [-0.2, -0.15) is 0 Å². The second-order valence-electron chi connectivity index (χ2n) is 5.35. The van der Waals surface area contributed by atoms with Gasteiger partial charge in [-0.25, -0.2) is 4.39 Å². The minimum absolute atomic E-state index is 0.278. The molecular weight excluding hydrogens is 378 g/mol. The summed E-state index contributed by atoms with van der Waals surface area (Å²) in [5.41, 5.74) is 0.609. The highest BCUT2D eigenvalue weighted by Gasteiger charge is 2.17. The molecule has 3 aromatic carbocycles. The van der Waals surface area contributed by atoms with Gasteiger partial charge in [0.05, 0.1) is 22.7 Å². The van der Waals surface area contributed by atoms with Gasteiger partial charge in [-0.15, -0.1) is 0 Å². The van der Waals surface area contributed by atoms with Crippen molar-refractivity contribution in [3.63, 3.8) is 0 Å². The summed E-state index contributed by atoms with van der Waals surface area (Å²) in [5, 5.41) is 0.694. The minimum Gasteiger partial charge on any atom is -0.496 e. The van der Waals surface area contributed by atoms with Crippen LogP contribution >= 0.6 is 23.2 Å². The quantitative estimate of drug-likeness (QED) is 0.489. The van der Waals surface area contributed by atoms with E-state index in [1.165, 1.54) is 37.4 Å². The van der Waals surface area contributed by atoms with Crippen LogP contribution in [0.5, 0.6) is 17.2 Å². The highest BCUT2D eigenvalue weighted by Crippen LogP contribution is 2.37. The van der Waals surface area contributed by atoms with E-state index in [1.54, 1.807) is 30.3 Å². The van der Waals surface area contributed by atoms with Gasteiger partial charge in [-0.05, 0) is 54.6 Å². The van der Waals surface area contributed by atoms with Gasteiger partial charge in [0.25, 0.3) is 0 Å². The maximum absolute atomic E-state index is 13.1. The third kappa shape index (κ3) is 3.82. The van der Waals surface area contributed by atoms with Crippen LogP contribution < -0.4 is 9.47 Å². The number of ketones is 1. The zero-order valence-electron chi connectivity index (χ0n) is 13.6. The first-order chi connectivity index (χ1) is 12.5. The zero-order chi connectivity index (χ0) is 18.7. The number of carbonyl (C=O) groups excluding carboxylic acids is 1. The average Bonchev–Trinajstić information content (AvgIpc) is 2.65. The summed E-state index contributed by atoms with van der Waals surface area (Å²) < 4.78 is 24.1.